The van der Waals surface area contributed by atoms with Gasteiger partial charge in [0.15, 0.2) is 5.69 Å². The summed E-state index contributed by atoms with van der Waals surface area (Å²) in [5.41, 5.74) is -0.0626. The van der Waals surface area contributed by atoms with Gasteiger partial charge in [-0.25, -0.2) is 4.98 Å². The molecule has 7 heteroatoms. The zero-order valence-corrected chi connectivity index (χ0v) is 14.2. The number of amides is 1. The normalized spacial score (nSPS) is 20.0. The van der Waals surface area contributed by atoms with Crippen molar-refractivity contribution in [3.63, 3.8) is 0 Å². The van der Waals surface area contributed by atoms with Crippen LogP contribution in [-0.4, -0.2) is 53.7 Å². The lowest BCUT2D eigenvalue weighted by atomic mass is 9.88. The summed E-state index contributed by atoms with van der Waals surface area (Å²) in [6, 6.07) is 9.31. The van der Waals surface area contributed by atoms with E-state index in [1.54, 1.807) is 6.92 Å². The highest BCUT2D eigenvalue weighted by molar-refractivity contribution is 5.94. The molecule has 0 radical (unpaired) electrons. The van der Waals surface area contributed by atoms with Crippen molar-refractivity contribution in [3.8, 4) is 11.5 Å². The summed E-state index contributed by atoms with van der Waals surface area (Å²) in [7, 11) is 1.46. The quantitative estimate of drug-likeness (QED) is 0.894. The lowest BCUT2D eigenvalue weighted by Crippen LogP contribution is -2.40. The van der Waals surface area contributed by atoms with E-state index < -0.39 is 11.4 Å². The topological polar surface area (TPSA) is 92.9 Å². The van der Waals surface area contributed by atoms with Gasteiger partial charge in [0.25, 0.3) is 5.91 Å². The van der Waals surface area contributed by atoms with Crippen LogP contribution >= 0.6 is 0 Å². The number of hydrogen-bond acceptors (Lipinski definition) is 5. The lowest BCUT2D eigenvalue weighted by molar-refractivity contribution is -0.151. The van der Waals surface area contributed by atoms with Crippen molar-refractivity contribution in [1.29, 1.82) is 0 Å². The van der Waals surface area contributed by atoms with Crippen LogP contribution in [0.3, 0.4) is 0 Å². The van der Waals surface area contributed by atoms with Crippen LogP contribution < -0.4 is 0 Å². The Hall–Kier alpha value is -2.67. The molecule has 1 saturated heterocycles. The van der Waals surface area contributed by atoms with Crippen LogP contribution in [0.15, 0.2) is 34.7 Å². The van der Waals surface area contributed by atoms with Crippen LogP contribution in [0.2, 0.25) is 0 Å². The summed E-state index contributed by atoms with van der Waals surface area (Å²) in [4.78, 5) is 30.3. The van der Waals surface area contributed by atoms with Crippen molar-refractivity contribution in [2.45, 2.75) is 13.3 Å². The number of nitrogens with zero attached hydrogens (tertiary/aromatic N) is 2. The fourth-order valence-electron chi connectivity index (χ4n) is 3.13. The second kappa shape index (κ2) is 6.68. The van der Waals surface area contributed by atoms with E-state index in [-0.39, 0.29) is 24.8 Å². The average Bonchev–Trinajstić information content (AvgIpc) is 3.20. The molecule has 2 heterocycles. The summed E-state index contributed by atoms with van der Waals surface area (Å²) in [5, 5.41) is 9.52. The van der Waals surface area contributed by atoms with E-state index in [4.69, 9.17) is 9.15 Å². The van der Waals surface area contributed by atoms with Crippen molar-refractivity contribution in [2.24, 2.45) is 5.41 Å². The maximum absolute atomic E-state index is 12.8. The largest absolute Gasteiger partial charge is 0.481 e. The smallest absolute Gasteiger partial charge is 0.313 e. The highest BCUT2D eigenvalue weighted by Gasteiger charge is 2.47. The van der Waals surface area contributed by atoms with Crippen molar-refractivity contribution >= 4 is 11.9 Å². The minimum Gasteiger partial charge on any atom is -0.481 e. The SMILES string of the molecule is COCC1(C(=O)O)CCN(C(=O)c2nc(-c3ccccc3)oc2C)C1. The van der Waals surface area contributed by atoms with Gasteiger partial charge in [0.05, 0.1) is 6.61 Å². The highest BCUT2D eigenvalue weighted by Crippen LogP contribution is 2.33. The molecule has 7 nitrogen and oxygen atoms in total. The lowest BCUT2D eigenvalue weighted by Gasteiger charge is -2.23. The number of carboxylic acids is 1. The number of aryl methyl sites for hydroxylation is 1. The van der Waals surface area contributed by atoms with Crippen LogP contribution in [0.1, 0.15) is 22.7 Å². The molecule has 25 heavy (non-hydrogen) atoms. The Labute approximate surface area is 145 Å². The van der Waals surface area contributed by atoms with Crippen molar-refractivity contribution in [1.82, 2.24) is 9.88 Å². The molecular formula is C18H20N2O5. The molecule has 1 aliphatic rings. The Morgan fingerprint density at radius 3 is 2.72 bits per heavy atom. The van der Waals surface area contributed by atoms with Crippen molar-refractivity contribution in [2.75, 3.05) is 26.8 Å². The third-order valence-electron chi connectivity index (χ3n) is 4.54. The number of benzene rings is 1. The van der Waals surface area contributed by atoms with Gasteiger partial charge in [0.1, 0.15) is 11.2 Å². The summed E-state index contributed by atoms with van der Waals surface area (Å²) >= 11 is 0. The van der Waals surface area contributed by atoms with Gasteiger partial charge < -0.3 is 19.2 Å². The Balaban J connectivity index is 1.83. The van der Waals surface area contributed by atoms with E-state index in [2.05, 4.69) is 4.98 Å². The van der Waals surface area contributed by atoms with E-state index in [0.29, 0.717) is 24.6 Å². The number of oxazole rings is 1. The molecule has 0 aliphatic carbocycles. The second-order valence-corrected chi connectivity index (χ2v) is 6.29. The molecule has 3 rings (SSSR count). The van der Waals surface area contributed by atoms with Gasteiger partial charge in [-0.05, 0) is 25.5 Å². The molecule has 1 aromatic carbocycles. The van der Waals surface area contributed by atoms with Crippen LogP contribution in [0.25, 0.3) is 11.5 Å². The van der Waals surface area contributed by atoms with Gasteiger partial charge in [-0.3, -0.25) is 9.59 Å². The first-order valence-electron chi connectivity index (χ1n) is 8.01. The number of methoxy groups -OCH3 is 1. The second-order valence-electron chi connectivity index (χ2n) is 6.29. The fraction of sp³-hybridized carbons (Fsp3) is 0.389. The molecule has 1 aromatic heterocycles. The summed E-state index contributed by atoms with van der Waals surface area (Å²) in [5.74, 6) is -0.473. The monoisotopic (exact) mass is 344 g/mol. The number of carbonyl (C=O) groups is 2. The Bertz CT molecular complexity index is 786. The van der Waals surface area contributed by atoms with Crippen LogP contribution in [-0.2, 0) is 9.53 Å². The zero-order chi connectivity index (χ0) is 18.0. The molecule has 1 atom stereocenters. The first-order valence-corrected chi connectivity index (χ1v) is 8.01. The number of likely N-dealkylation sites (tertiary alicyclic amines) is 1. The Morgan fingerprint density at radius 2 is 2.08 bits per heavy atom. The van der Waals surface area contributed by atoms with Gasteiger partial charge in [-0.1, -0.05) is 18.2 Å². The predicted molar refractivity (Wildman–Crippen MR) is 89.1 cm³/mol. The van der Waals surface area contributed by atoms with E-state index in [1.165, 1.54) is 12.0 Å². The zero-order valence-electron chi connectivity index (χ0n) is 14.2. The van der Waals surface area contributed by atoms with Crippen molar-refractivity contribution in [3.05, 3.63) is 41.8 Å². The number of hydrogen-bond donors (Lipinski definition) is 1. The standard InChI is InChI=1S/C18H20N2O5/c1-12-14(19-15(25-12)13-6-4-3-5-7-13)16(21)20-9-8-18(10-20,11-24-2)17(22)23/h3-7H,8-11H2,1-2H3,(H,22,23). The number of carboxylic acid groups (broad SMARTS) is 1. The number of carbonyl (C=O) groups excluding carboxylic acids is 1. The molecular weight excluding hydrogens is 324 g/mol. The third-order valence-corrected chi connectivity index (χ3v) is 4.54. The van der Waals surface area contributed by atoms with E-state index in [0.717, 1.165) is 5.56 Å². The summed E-state index contributed by atoms with van der Waals surface area (Å²) in [6.07, 6.45) is 0.352. The molecule has 1 aliphatic heterocycles. The average molecular weight is 344 g/mol. The molecule has 1 N–H and O–H groups in total. The first kappa shape index (κ1) is 17.2. The molecule has 132 valence electrons. The van der Waals surface area contributed by atoms with Gasteiger partial charge in [-0.2, -0.15) is 0 Å². The summed E-state index contributed by atoms with van der Waals surface area (Å²) < 4.78 is 10.7. The molecule has 1 fully saturated rings. The van der Waals surface area contributed by atoms with Crippen LogP contribution in [0, 0.1) is 12.3 Å². The maximum Gasteiger partial charge on any atom is 0.313 e. The first-order chi connectivity index (χ1) is 12.0. The van der Waals surface area contributed by atoms with Gasteiger partial charge >= 0.3 is 5.97 Å². The number of rotatable bonds is 5. The molecule has 0 saturated carbocycles. The molecule has 2 aromatic rings. The van der Waals surface area contributed by atoms with E-state index in [1.807, 2.05) is 30.3 Å². The minimum absolute atomic E-state index is 0.0686. The molecule has 1 amide bonds. The van der Waals surface area contributed by atoms with Gasteiger partial charge in [0, 0.05) is 25.8 Å². The Kier molecular flexibility index (Phi) is 4.59. The maximum atomic E-state index is 12.8. The molecule has 0 bridgehead atoms. The summed E-state index contributed by atoms with van der Waals surface area (Å²) in [6.45, 7) is 2.20. The molecule has 1 unspecified atom stereocenters. The number of ether oxygens (including phenoxy) is 1. The van der Waals surface area contributed by atoms with Gasteiger partial charge in [0.2, 0.25) is 5.89 Å². The highest BCUT2D eigenvalue weighted by atomic mass is 16.5. The van der Waals surface area contributed by atoms with E-state index >= 15 is 0 Å². The predicted octanol–water partition coefficient (Wildman–Crippen LogP) is 2.21. The Morgan fingerprint density at radius 1 is 1.36 bits per heavy atom. The number of aromatic nitrogens is 1. The number of aliphatic carboxylic acids is 1. The molecule has 0 spiro atoms. The van der Waals surface area contributed by atoms with E-state index in [9.17, 15) is 14.7 Å². The third kappa shape index (κ3) is 3.15. The van der Waals surface area contributed by atoms with Crippen LogP contribution in [0.5, 0.6) is 0 Å². The fourth-order valence-corrected chi connectivity index (χ4v) is 3.13. The van der Waals surface area contributed by atoms with Crippen molar-refractivity contribution < 1.29 is 23.8 Å². The minimum atomic E-state index is -1.07. The van der Waals surface area contributed by atoms with Crippen LogP contribution in [0.4, 0.5) is 0 Å². The van der Waals surface area contributed by atoms with Gasteiger partial charge in [-0.15, -0.1) is 0 Å².